The molecule has 0 saturated carbocycles. The summed E-state index contributed by atoms with van der Waals surface area (Å²) in [5, 5.41) is 4.23. The van der Waals surface area contributed by atoms with E-state index in [0.29, 0.717) is 18.2 Å². The van der Waals surface area contributed by atoms with Crippen LogP contribution >= 0.6 is 11.8 Å². The van der Waals surface area contributed by atoms with Crippen molar-refractivity contribution in [3.63, 3.8) is 0 Å². The second-order valence-corrected chi connectivity index (χ2v) is 5.67. The quantitative estimate of drug-likeness (QED) is 0.775. The van der Waals surface area contributed by atoms with Crippen LogP contribution in [0.2, 0.25) is 0 Å². The van der Waals surface area contributed by atoms with Gasteiger partial charge >= 0.3 is 0 Å². The van der Waals surface area contributed by atoms with Crippen molar-refractivity contribution in [1.82, 2.24) is 10.2 Å². The smallest absolute Gasteiger partial charge is 0.0703 e. The Balaban J connectivity index is 1.97. The molecule has 88 valence electrons. The largest absolute Gasteiger partial charge is 0.377 e. The lowest BCUT2D eigenvalue weighted by Crippen LogP contribution is -2.48. The summed E-state index contributed by atoms with van der Waals surface area (Å²) >= 11 is 1.98. The van der Waals surface area contributed by atoms with E-state index in [1.807, 2.05) is 11.8 Å². The first-order valence-electron chi connectivity index (χ1n) is 5.81. The predicted octanol–water partition coefficient (Wildman–Crippen LogP) is 0.799. The molecule has 0 aliphatic carbocycles. The molecule has 2 heterocycles. The number of hydrogen-bond donors (Lipinski definition) is 1. The van der Waals surface area contributed by atoms with Gasteiger partial charge in [0.25, 0.3) is 0 Å². The third-order valence-electron chi connectivity index (χ3n) is 3.81. The van der Waals surface area contributed by atoms with Gasteiger partial charge in [0, 0.05) is 37.0 Å². The van der Waals surface area contributed by atoms with Gasteiger partial charge in [0.1, 0.15) is 0 Å². The van der Waals surface area contributed by atoms with E-state index < -0.39 is 0 Å². The van der Waals surface area contributed by atoms with E-state index in [2.05, 4.69) is 30.4 Å². The van der Waals surface area contributed by atoms with Gasteiger partial charge in [0.15, 0.2) is 0 Å². The molecule has 15 heavy (non-hydrogen) atoms. The van der Waals surface area contributed by atoms with Crippen molar-refractivity contribution in [3.05, 3.63) is 0 Å². The maximum Gasteiger partial charge on any atom is 0.0703 e. The van der Waals surface area contributed by atoms with Gasteiger partial charge < -0.3 is 10.1 Å². The first-order chi connectivity index (χ1) is 7.24. The third kappa shape index (κ3) is 2.33. The zero-order chi connectivity index (χ0) is 10.8. The highest BCUT2D eigenvalue weighted by atomic mass is 32.2. The van der Waals surface area contributed by atoms with Gasteiger partial charge in [0.2, 0.25) is 0 Å². The Morgan fingerprint density at radius 2 is 2.13 bits per heavy atom. The van der Waals surface area contributed by atoms with Crippen molar-refractivity contribution in [2.24, 2.45) is 0 Å². The maximum atomic E-state index is 5.65. The minimum atomic E-state index is 0.401. The number of likely N-dealkylation sites (N-methyl/N-ethyl adjacent to an activating group) is 1. The van der Waals surface area contributed by atoms with E-state index in [4.69, 9.17) is 4.74 Å². The third-order valence-corrected chi connectivity index (χ3v) is 4.90. The van der Waals surface area contributed by atoms with Crippen LogP contribution in [0.25, 0.3) is 0 Å². The summed E-state index contributed by atoms with van der Waals surface area (Å²) in [5.74, 6) is 0. The van der Waals surface area contributed by atoms with E-state index >= 15 is 0 Å². The average Bonchev–Trinajstić information content (AvgIpc) is 2.84. The second kappa shape index (κ2) is 5.04. The van der Waals surface area contributed by atoms with Crippen LogP contribution in [0, 0.1) is 0 Å². The molecule has 2 rings (SSSR count). The molecule has 2 fully saturated rings. The highest BCUT2D eigenvalue weighted by molar-refractivity contribution is 7.99. The number of ether oxygens (including phenoxy) is 1. The SMILES string of the molecule is CSC1CNCC1N(C)C1CCOC1C. The topological polar surface area (TPSA) is 24.5 Å². The molecule has 0 aromatic carbocycles. The molecule has 0 aromatic heterocycles. The Morgan fingerprint density at radius 1 is 1.33 bits per heavy atom. The maximum absolute atomic E-state index is 5.65. The van der Waals surface area contributed by atoms with Crippen molar-refractivity contribution in [1.29, 1.82) is 0 Å². The molecule has 4 heteroatoms. The van der Waals surface area contributed by atoms with Crippen LogP contribution in [0.5, 0.6) is 0 Å². The second-order valence-electron chi connectivity index (χ2n) is 4.60. The van der Waals surface area contributed by atoms with Gasteiger partial charge in [-0.15, -0.1) is 0 Å². The summed E-state index contributed by atoms with van der Waals surface area (Å²) in [4.78, 5) is 2.54. The number of nitrogens with one attached hydrogen (secondary N) is 1. The van der Waals surface area contributed by atoms with Crippen LogP contribution in [0.1, 0.15) is 13.3 Å². The summed E-state index contributed by atoms with van der Waals surface area (Å²) in [5.41, 5.74) is 0. The predicted molar refractivity (Wildman–Crippen MR) is 65.5 cm³/mol. The molecular weight excluding hydrogens is 208 g/mol. The van der Waals surface area contributed by atoms with E-state index in [1.165, 1.54) is 6.42 Å². The summed E-state index contributed by atoms with van der Waals surface area (Å²) in [6.07, 6.45) is 3.81. The fourth-order valence-electron chi connectivity index (χ4n) is 2.79. The van der Waals surface area contributed by atoms with Gasteiger partial charge in [-0.25, -0.2) is 0 Å². The molecule has 2 aliphatic rings. The molecule has 2 aliphatic heterocycles. The minimum Gasteiger partial charge on any atom is -0.377 e. The summed E-state index contributed by atoms with van der Waals surface area (Å²) in [6.45, 7) is 5.41. The van der Waals surface area contributed by atoms with E-state index in [0.717, 1.165) is 24.9 Å². The summed E-state index contributed by atoms with van der Waals surface area (Å²) < 4.78 is 5.65. The Bertz CT molecular complexity index is 215. The lowest BCUT2D eigenvalue weighted by Gasteiger charge is -2.34. The number of nitrogens with zero attached hydrogens (tertiary/aromatic N) is 1. The van der Waals surface area contributed by atoms with Crippen molar-refractivity contribution in [3.8, 4) is 0 Å². The summed E-state index contributed by atoms with van der Waals surface area (Å²) in [7, 11) is 2.26. The number of thioether (sulfide) groups is 1. The van der Waals surface area contributed by atoms with Crippen LogP contribution < -0.4 is 5.32 Å². The Labute approximate surface area is 96.9 Å². The molecule has 3 nitrogen and oxygen atoms in total. The van der Waals surface area contributed by atoms with Gasteiger partial charge in [-0.05, 0) is 26.6 Å². The monoisotopic (exact) mass is 230 g/mol. The van der Waals surface area contributed by atoms with Crippen LogP contribution in [-0.2, 0) is 4.74 Å². The number of hydrogen-bond acceptors (Lipinski definition) is 4. The average molecular weight is 230 g/mol. The van der Waals surface area contributed by atoms with Crippen molar-refractivity contribution in [2.45, 2.75) is 36.8 Å². The minimum absolute atomic E-state index is 0.401. The Kier molecular flexibility index (Phi) is 3.93. The first-order valence-corrected chi connectivity index (χ1v) is 7.10. The van der Waals surface area contributed by atoms with Gasteiger partial charge in [0.05, 0.1) is 6.10 Å². The van der Waals surface area contributed by atoms with Crippen LogP contribution in [0.4, 0.5) is 0 Å². The fourth-order valence-corrected chi connectivity index (χ4v) is 3.68. The molecule has 0 radical (unpaired) electrons. The number of rotatable bonds is 3. The molecule has 0 bridgehead atoms. The molecule has 4 unspecified atom stereocenters. The van der Waals surface area contributed by atoms with Crippen LogP contribution in [-0.4, -0.2) is 61.3 Å². The molecule has 2 saturated heterocycles. The van der Waals surface area contributed by atoms with E-state index in [-0.39, 0.29) is 0 Å². The Hall–Kier alpha value is 0.230. The lowest BCUT2D eigenvalue weighted by atomic mass is 10.1. The molecule has 1 N–H and O–H groups in total. The molecule has 4 atom stereocenters. The molecule has 0 aromatic rings. The highest BCUT2D eigenvalue weighted by Gasteiger charge is 2.37. The standard InChI is InChI=1S/C11H22N2OS/c1-8-9(4-5-14-8)13(2)10-6-12-7-11(10)15-3/h8-12H,4-7H2,1-3H3. The zero-order valence-corrected chi connectivity index (χ0v) is 10.7. The fraction of sp³-hybridized carbons (Fsp3) is 1.00. The normalized spacial score (nSPS) is 41.6. The van der Waals surface area contributed by atoms with Crippen LogP contribution in [0.3, 0.4) is 0 Å². The molecule has 0 spiro atoms. The molecule has 0 amide bonds. The lowest BCUT2D eigenvalue weighted by molar-refractivity contribution is 0.0715. The van der Waals surface area contributed by atoms with Gasteiger partial charge in [-0.2, -0.15) is 11.8 Å². The first kappa shape index (κ1) is 11.7. The zero-order valence-electron chi connectivity index (χ0n) is 9.90. The van der Waals surface area contributed by atoms with Crippen LogP contribution in [0.15, 0.2) is 0 Å². The van der Waals surface area contributed by atoms with E-state index in [1.54, 1.807) is 0 Å². The summed E-state index contributed by atoms with van der Waals surface area (Å²) in [6, 6.07) is 1.29. The van der Waals surface area contributed by atoms with Crippen molar-refractivity contribution < 1.29 is 4.74 Å². The van der Waals surface area contributed by atoms with Gasteiger partial charge in [-0.1, -0.05) is 0 Å². The molecular formula is C11H22N2OS. The highest BCUT2D eigenvalue weighted by Crippen LogP contribution is 2.26. The Morgan fingerprint density at radius 3 is 2.73 bits per heavy atom. The van der Waals surface area contributed by atoms with Gasteiger partial charge in [-0.3, -0.25) is 4.90 Å². The van der Waals surface area contributed by atoms with Crippen molar-refractivity contribution >= 4 is 11.8 Å². The van der Waals surface area contributed by atoms with E-state index in [9.17, 15) is 0 Å². The van der Waals surface area contributed by atoms with Crippen molar-refractivity contribution in [2.75, 3.05) is 33.0 Å².